The van der Waals surface area contributed by atoms with Gasteiger partial charge in [-0.25, -0.2) is 12.8 Å². The van der Waals surface area contributed by atoms with Gasteiger partial charge in [-0.2, -0.15) is 0 Å². The number of aryl methyl sites for hydroxylation is 1. The number of benzene rings is 2. The minimum absolute atomic E-state index is 0.150. The molecule has 0 fully saturated rings. The number of nitrogens with one attached hydrogen (secondary N) is 1. The highest BCUT2D eigenvalue weighted by atomic mass is 32.2. The number of hydrogen-bond acceptors (Lipinski definition) is 4. The molecule has 0 radical (unpaired) electrons. The third-order valence-electron chi connectivity index (χ3n) is 4.11. The highest BCUT2D eigenvalue weighted by Crippen LogP contribution is 2.25. The van der Waals surface area contributed by atoms with Gasteiger partial charge in [0.2, 0.25) is 15.9 Å². The van der Waals surface area contributed by atoms with Crippen molar-refractivity contribution in [1.82, 2.24) is 5.32 Å². The molecule has 2 aromatic rings. The van der Waals surface area contributed by atoms with Gasteiger partial charge in [0, 0.05) is 0 Å². The summed E-state index contributed by atoms with van der Waals surface area (Å²) < 4.78 is 45.1. The highest BCUT2D eigenvalue weighted by molar-refractivity contribution is 7.92. The molecule has 152 valence electrons. The maximum absolute atomic E-state index is 14.2. The Morgan fingerprint density at radius 3 is 2.39 bits per heavy atom. The van der Waals surface area contributed by atoms with E-state index in [4.69, 9.17) is 4.74 Å². The fourth-order valence-electron chi connectivity index (χ4n) is 2.76. The molecule has 0 saturated carbocycles. The summed E-state index contributed by atoms with van der Waals surface area (Å²) in [4.78, 5) is 12.6. The van der Waals surface area contributed by atoms with Crippen LogP contribution in [-0.4, -0.2) is 39.8 Å². The number of carbonyl (C=O) groups is 1. The summed E-state index contributed by atoms with van der Waals surface area (Å²) in [6, 6.07) is 11.9. The molecule has 0 aliphatic rings. The SMILES string of the molecule is CC[C@H](C(=O)NCCOc1ccc(C)cc1)N(c1ccccc1F)S(C)(=O)=O. The van der Waals surface area contributed by atoms with E-state index < -0.39 is 27.8 Å². The molecule has 6 nitrogen and oxygen atoms in total. The molecule has 1 amide bonds. The molecule has 2 aromatic carbocycles. The number of rotatable bonds is 9. The van der Waals surface area contributed by atoms with E-state index in [1.165, 1.54) is 18.2 Å². The van der Waals surface area contributed by atoms with E-state index >= 15 is 0 Å². The summed E-state index contributed by atoms with van der Waals surface area (Å²) in [5.41, 5.74) is 0.961. The van der Waals surface area contributed by atoms with Gasteiger partial charge in [0.25, 0.3) is 0 Å². The lowest BCUT2D eigenvalue weighted by Crippen LogP contribution is -2.50. The molecule has 0 unspecified atom stereocenters. The number of amides is 1. The van der Waals surface area contributed by atoms with E-state index in [-0.39, 0.29) is 25.3 Å². The molecule has 0 saturated heterocycles. The molecule has 0 spiro atoms. The largest absolute Gasteiger partial charge is 0.492 e. The van der Waals surface area contributed by atoms with Crippen LogP contribution in [0.25, 0.3) is 0 Å². The van der Waals surface area contributed by atoms with Crippen molar-refractivity contribution in [2.75, 3.05) is 23.7 Å². The average molecular weight is 408 g/mol. The molecule has 2 rings (SSSR count). The quantitative estimate of drug-likeness (QED) is 0.648. The Kier molecular flexibility index (Phi) is 7.39. The van der Waals surface area contributed by atoms with Crippen molar-refractivity contribution >= 4 is 21.6 Å². The first-order valence-electron chi connectivity index (χ1n) is 8.95. The Morgan fingerprint density at radius 2 is 1.82 bits per heavy atom. The molecule has 8 heteroatoms. The molecule has 0 bridgehead atoms. The molecular formula is C20H25FN2O4S. The molecular weight excluding hydrogens is 383 g/mol. The molecule has 1 atom stereocenters. The van der Waals surface area contributed by atoms with Crippen LogP contribution in [0.1, 0.15) is 18.9 Å². The number of ether oxygens (including phenoxy) is 1. The lowest BCUT2D eigenvalue weighted by atomic mass is 10.2. The Hall–Kier alpha value is -2.61. The summed E-state index contributed by atoms with van der Waals surface area (Å²) in [6.45, 7) is 4.06. The van der Waals surface area contributed by atoms with Crippen molar-refractivity contribution < 1.29 is 22.3 Å². The summed E-state index contributed by atoms with van der Waals surface area (Å²) in [5.74, 6) is -0.540. The van der Waals surface area contributed by atoms with Crippen LogP contribution < -0.4 is 14.4 Å². The van der Waals surface area contributed by atoms with Gasteiger partial charge in [-0.05, 0) is 37.6 Å². The molecule has 1 N–H and O–H groups in total. The van der Waals surface area contributed by atoms with Crippen molar-refractivity contribution in [3.63, 3.8) is 0 Å². The lowest BCUT2D eigenvalue weighted by molar-refractivity contribution is -0.122. The number of nitrogens with zero attached hydrogens (tertiary/aromatic N) is 1. The van der Waals surface area contributed by atoms with Crippen LogP contribution in [0.2, 0.25) is 0 Å². The number of anilines is 1. The predicted molar refractivity (Wildman–Crippen MR) is 107 cm³/mol. The molecule has 0 heterocycles. The van der Waals surface area contributed by atoms with Gasteiger partial charge in [0.05, 0.1) is 18.5 Å². The number of para-hydroxylation sites is 1. The van der Waals surface area contributed by atoms with Crippen LogP contribution in [0.4, 0.5) is 10.1 Å². The van der Waals surface area contributed by atoms with Crippen molar-refractivity contribution in [2.24, 2.45) is 0 Å². The van der Waals surface area contributed by atoms with Gasteiger partial charge in [-0.1, -0.05) is 36.8 Å². The average Bonchev–Trinajstić information content (AvgIpc) is 2.64. The van der Waals surface area contributed by atoms with Crippen molar-refractivity contribution in [2.45, 2.75) is 26.3 Å². The number of hydrogen-bond donors (Lipinski definition) is 1. The first-order chi connectivity index (χ1) is 13.2. The first kappa shape index (κ1) is 21.7. The molecule has 0 aromatic heterocycles. The van der Waals surface area contributed by atoms with Crippen LogP contribution in [0, 0.1) is 12.7 Å². The van der Waals surface area contributed by atoms with E-state index in [1.807, 2.05) is 31.2 Å². The third kappa shape index (κ3) is 5.69. The maximum atomic E-state index is 14.2. The zero-order chi connectivity index (χ0) is 20.7. The van der Waals surface area contributed by atoms with E-state index in [1.54, 1.807) is 6.92 Å². The Morgan fingerprint density at radius 1 is 1.18 bits per heavy atom. The topological polar surface area (TPSA) is 75.7 Å². The minimum atomic E-state index is -3.87. The zero-order valence-corrected chi connectivity index (χ0v) is 17.0. The first-order valence-corrected chi connectivity index (χ1v) is 10.8. The normalized spacial score (nSPS) is 12.3. The van der Waals surface area contributed by atoms with Gasteiger partial charge in [-0.3, -0.25) is 9.10 Å². The third-order valence-corrected chi connectivity index (χ3v) is 5.28. The predicted octanol–water partition coefficient (Wildman–Crippen LogP) is 2.87. The standard InChI is InChI=1S/C20H25FN2O4S/c1-4-18(23(28(3,25)26)19-8-6-5-7-17(19)21)20(24)22-13-14-27-16-11-9-15(2)10-12-16/h5-12,18H,4,13-14H2,1-3H3,(H,22,24)/t18-/m1/s1. The lowest BCUT2D eigenvalue weighted by Gasteiger charge is -2.30. The Labute approximate surface area is 165 Å². The van der Waals surface area contributed by atoms with E-state index in [0.29, 0.717) is 5.75 Å². The fourth-order valence-corrected chi connectivity index (χ4v) is 3.97. The summed E-state index contributed by atoms with van der Waals surface area (Å²) >= 11 is 0. The Bertz CT molecular complexity index is 901. The number of carbonyl (C=O) groups excluding carboxylic acids is 1. The van der Waals surface area contributed by atoms with Crippen LogP contribution in [-0.2, 0) is 14.8 Å². The number of sulfonamides is 1. The zero-order valence-electron chi connectivity index (χ0n) is 16.2. The minimum Gasteiger partial charge on any atom is -0.492 e. The van der Waals surface area contributed by atoms with Crippen molar-refractivity contribution in [3.8, 4) is 5.75 Å². The fraction of sp³-hybridized carbons (Fsp3) is 0.350. The van der Waals surface area contributed by atoms with Crippen molar-refractivity contribution in [1.29, 1.82) is 0 Å². The highest BCUT2D eigenvalue weighted by Gasteiger charge is 2.32. The summed E-state index contributed by atoms with van der Waals surface area (Å²) in [5, 5.41) is 2.66. The molecule has 28 heavy (non-hydrogen) atoms. The van der Waals surface area contributed by atoms with Crippen LogP contribution in [0.3, 0.4) is 0 Å². The molecule has 0 aliphatic heterocycles. The van der Waals surface area contributed by atoms with Crippen LogP contribution >= 0.6 is 0 Å². The second-order valence-corrected chi connectivity index (χ2v) is 8.25. The van der Waals surface area contributed by atoms with Crippen LogP contribution in [0.5, 0.6) is 5.75 Å². The van der Waals surface area contributed by atoms with Gasteiger partial charge < -0.3 is 10.1 Å². The Balaban J connectivity index is 2.05. The smallest absolute Gasteiger partial charge is 0.244 e. The van der Waals surface area contributed by atoms with Gasteiger partial charge in [0.15, 0.2) is 0 Å². The monoisotopic (exact) mass is 408 g/mol. The second kappa shape index (κ2) is 9.54. The van der Waals surface area contributed by atoms with E-state index in [9.17, 15) is 17.6 Å². The van der Waals surface area contributed by atoms with Crippen molar-refractivity contribution in [3.05, 3.63) is 59.9 Å². The second-order valence-electron chi connectivity index (χ2n) is 6.39. The summed E-state index contributed by atoms with van der Waals surface area (Å²) in [6.07, 6.45) is 1.14. The van der Waals surface area contributed by atoms with Gasteiger partial charge in [0.1, 0.15) is 24.2 Å². The summed E-state index contributed by atoms with van der Waals surface area (Å²) in [7, 11) is -3.87. The van der Waals surface area contributed by atoms with Gasteiger partial charge >= 0.3 is 0 Å². The van der Waals surface area contributed by atoms with Crippen LogP contribution in [0.15, 0.2) is 48.5 Å². The van der Waals surface area contributed by atoms with E-state index in [0.717, 1.165) is 22.2 Å². The molecule has 0 aliphatic carbocycles. The maximum Gasteiger partial charge on any atom is 0.244 e. The van der Waals surface area contributed by atoms with E-state index in [2.05, 4.69) is 5.32 Å². The number of halogens is 1. The van der Waals surface area contributed by atoms with Gasteiger partial charge in [-0.15, -0.1) is 0 Å².